The maximum absolute atomic E-state index is 4.09. The molecule has 0 fully saturated rings. The fourth-order valence-corrected chi connectivity index (χ4v) is 1.62. The van der Waals surface area contributed by atoms with Crippen LogP contribution in [0.25, 0.3) is 11.1 Å². The molecule has 0 spiro atoms. The summed E-state index contributed by atoms with van der Waals surface area (Å²) in [6, 6.07) is 0. The van der Waals surface area contributed by atoms with E-state index in [1.165, 1.54) is 0 Å². The van der Waals surface area contributed by atoms with E-state index in [-0.39, 0.29) is 0 Å². The second-order valence-electron chi connectivity index (χ2n) is 2.50. The lowest BCUT2D eigenvalue weighted by Gasteiger charge is -1.89. The summed E-state index contributed by atoms with van der Waals surface area (Å²) in [5, 5.41) is 10.9. The molecule has 0 aromatic carbocycles. The molecule has 62 valence electrons. The highest BCUT2D eigenvalue weighted by Crippen LogP contribution is 2.21. The highest BCUT2D eigenvalue weighted by atomic mass is 127. The van der Waals surface area contributed by atoms with Crippen LogP contribution in [0.15, 0.2) is 18.6 Å². The van der Waals surface area contributed by atoms with Gasteiger partial charge in [-0.05, 0) is 22.6 Å². The van der Waals surface area contributed by atoms with Crippen molar-refractivity contribution in [1.29, 1.82) is 0 Å². The zero-order valence-electron chi connectivity index (χ0n) is 6.45. The summed E-state index contributed by atoms with van der Waals surface area (Å²) in [5.74, 6) is 0. The first kappa shape index (κ1) is 7.78. The minimum absolute atomic E-state index is 1.04. The van der Waals surface area contributed by atoms with Crippen molar-refractivity contribution >= 4 is 22.6 Å². The number of aryl methyl sites for hydroxylation is 1. The van der Waals surface area contributed by atoms with Crippen molar-refractivity contribution in [3.63, 3.8) is 0 Å². The molecule has 0 radical (unpaired) electrons. The summed E-state index contributed by atoms with van der Waals surface area (Å²) in [6.45, 7) is 0. The van der Waals surface area contributed by atoms with Gasteiger partial charge in [-0.2, -0.15) is 10.2 Å². The van der Waals surface area contributed by atoms with Gasteiger partial charge < -0.3 is 0 Å². The van der Waals surface area contributed by atoms with Crippen LogP contribution in [0.4, 0.5) is 0 Å². The van der Waals surface area contributed by atoms with Crippen molar-refractivity contribution < 1.29 is 0 Å². The number of hydrogen-bond donors (Lipinski definition) is 1. The van der Waals surface area contributed by atoms with Crippen LogP contribution in [0.2, 0.25) is 0 Å². The van der Waals surface area contributed by atoms with Gasteiger partial charge in [-0.15, -0.1) is 0 Å². The summed E-state index contributed by atoms with van der Waals surface area (Å²) in [5.41, 5.74) is 2.19. The molecule has 0 saturated heterocycles. The van der Waals surface area contributed by atoms with Crippen LogP contribution >= 0.6 is 22.6 Å². The van der Waals surface area contributed by atoms with E-state index < -0.39 is 0 Å². The summed E-state index contributed by atoms with van der Waals surface area (Å²) in [7, 11) is 1.90. The van der Waals surface area contributed by atoms with E-state index in [2.05, 4.69) is 37.9 Å². The van der Waals surface area contributed by atoms with E-state index in [0.29, 0.717) is 0 Å². The zero-order chi connectivity index (χ0) is 8.55. The number of nitrogens with zero attached hydrogens (tertiary/aromatic N) is 3. The number of aromatic amines is 1. The van der Waals surface area contributed by atoms with Crippen molar-refractivity contribution in [2.75, 3.05) is 0 Å². The minimum atomic E-state index is 1.04. The molecule has 0 amide bonds. The van der Waals surface area contributed by atoms with Crippen LogP contribution in [-0.2, 0) is 7.05 Å². The van der Waals surface area contributed by atoms with Gasteiger partial charge in [0.15, 0.2) is 0 Å². The van der Waals surface area contributed by atoms with Crippen molar-refractivity contribution in [3.8, 4) is 11.1 Å². The molecule has 0 aliphatic rings. The van der Waals surface area contributed by atoms with Crippen LogP contribution in [0.3, 0.4) is 0 Å². The first-order chi connectivity index (χ1) is 5.77. The summed E-state index contributed by atoms with van der Waals surface area (Å²) >= 11 is 2.21. The van der Waals surface area contributed by atoms with E-state index in [1.807, 2.05) is 19.4 Å². The van der Waals surface area contributed by atoms with E-state index in [9.17, 15) is 0 Å². The third kappa shape index (κ3) is 1.24. The van der Waals surface area contributed by atoms with E-state index in [0.717, 1.165) is 14.8 Å². The summed E-state index contributed by atoms with van der Waals surface area (Å²) < 4.78 is 2.82. The van der Waals surface area contributed by atoms with Crippen molar-refractivity contribution in [2.24, 2.45) is 7.05 Å². The summed E-state index contributed by atoms with van der Waals surface area (Å²) in [6.07, 6.45) is 5.60. The molecule has 0 unspecified atom stereocenters. The van der Waals surface area contributed by atoms with E-state index in [1.54, 1.807) is 10.9 Å². The second kappa shape index (κ2) is 2.89. The molecule has 0 atom stereocenters. The fraction of sp³-hybridized carbons (Fsp3) is 0.143. The van der Waals surface area contributed by atoms with Crippen LogP contribution in [0.5, 0.6) is 0 Å². The molecule has 0 saturated carbocycles. The Labute approximate surface area is 83.1 Å². The molecule has 2 aromatic rings. The molecule has 2 heterocycles. The monoisotopic (exact) mass is 274 g/mol. The lowest BCUT2D eigenvalue weighted by Crippen LogP contribution is -1.84. The van der Waals surface area contributed by atoms with Gasteiger partial charge in [0.1, 0.15) is 3.70 Å². The Hall–Kier alpha value is -0.850. The molecule has 5 heteroatoms. The third-order valence-electron chi connectivity index (χ3n) is 1.61. The van der Waals surface area contributed by atoms with Crippen LogP contribution in [0.1, 0.15) is 0 Å². The lowest BCUT2D eigenvalue weighted by molar-refractivity contribution is 0.768. The highest BCUT2D eigenvalue weighted by molar-refractivity contribution is 14.1. The van der Waals surface area contributed by atoms with Gasteiger partial charge in [0.2, 0.25) is 0 Å². The number of aromatic nitrogens is 4. The number of H-pyrrole nitrogens is 1. The van der Waals surface area contributed by atoms with Crippen LogP contribution in [0, 0.1) is 3.70 Å². The average molecular weight is 274 g/mol. The first-order valence-corrected chi connectivity index (χ1v) is 4.53. The zero-order valence-corrected chi connectivity index (χ0v) is 8.61. The molecular formula is C7H7IN4. The molecule has 12 heavy (non-hydrogen) atoms. The summed E-state index contributed by atoms with van der Waals surface area (Å²) in [4.78, 5) is 0. The number of halogens is 1. The lowest BCUT2D eigenvalue weighted by atomic mass is 10.2. The third-order valence-corrected chi connectivity index (χ3v) is 2.43. The molecule has 0 bridgehead atoms. The average Bonchev–Trinajstić information content (AvgIpc) is 2.58. The Balaban J connectivity index is 2.50. The molecule has 0 aliphatic heterocycles. The van der Waals surface area contributed by atoms with Gasteiger partial charge in [0, 0.05) is 24.4 Å². The molecule has 2 aromatic heterocycles. The first-order valence-electron chi connectivity index (χ1n) is 3.45. The van der Waals surface area contributed by atoms with Gasteiger partial charge in [-0.3, -0.25) is 9.78 Å². The van der Waals surface area contributed by atoms with Gasteiger partial charge in [-0.1, -0.05) is 0 Å². The maximum atomic E-state index is 4.09. The predicted molar refractivity (Wildman–Crippen MR) is 53.5 cm³/mol. The van der Waals surface area contributed by atoms with Crippen molar-refractivity contribution in [1.82, 2.24) is 20.0 Å². The van der Waals surface area contributed by atoms with Gasteiger partial charge in [0.25, 0.3) is 0 Å². The van der Waals surface area contributed by atoms with Crippen molar-refractivity contribution in [3.05, 3.63) is 22.3 Å². The molecule has 2 rings (SSSR count). The van der Waals surface area contributed by atoms with Gasteiger partial charge >= 0.3 is 0 Å². The Bertz CT molecular complexity index is 390. The quantitative estimate of drug-likeness (QED) is 0.799. The van der Waals surface area contributed by atoms with E-state index >= 15 is 0 Å². The number of hydrogen-bond acceptors (Lipinski definition) is 2. The SMILES string of the molecule is Cn1cc(-c2cn[nH]c2I)cn1. The molecule has 1 N–H and O–H groups in total. The standard InChI is InChI=1S/C7H7IN4/c1-12-4-5(2-10-12)6-3-9-11-7(6)8/h2-4H,1H3,(H,9,11). The predicted octanol–water partition coefficient (Wildman–Crippen LogP) is 1.41. The Morgan fingerprint density at radius 2 is 2.33 bits per heavy atom. The normalized spacial score (nSPS) is 10.5. The molecular weight excluding hydrogens is 267 g/mol. The van der Waals surface area contributed by atoms with Crippen LogP contribution < -0.4 is 0 Å². The van der Waals surface area contributed by atoms with Crippen molar-refractivity contribution in [2.45, 2.75) is 0 Å². The van der Waals surface area contributed by atoms with Gasteiger partial charge in [0.05, 0.1) is 12.4 Å². The number of rotatable bonds is 1. The van der Waals surface area contributed by atoms with Crippen LogP contribution in [-0.4, -0.2) is 20.0 Å². The molecule has 4 nitrogen and oxygen atoms in total. The van der Waals surface area contributed by atoms with E-state index in [4.69, 9.17) is 0 Å². The maximum Gasteiger partial charge on any atom is 0.104 e. The topological polar surface area (TPSA) is 46.5 Å². The Kier molecular flexibility index (Phi) is 1.87. The second-order valence-corrected chi connectivity index (χ2v) is 3.58. The Morgan fingerprint density at radius 3 is 2.83 bits per heavy atom. The minimum Gasteiger partial charge on any atom is -0.275 e. The number of nitrogens with one attached hydrogen (secondary N) is 1. The van der Waals surface area contributed by atoms with Gasteiger partial charge in [-0.25, -0.2) is 0 Å². The highest BCUT2D eigenvalue weighted by Gasteiger charge is 2.05. The fourth-order valence-electron chi connectivity index (χ4n) is 1.03. The Morgan fingerprint density at radius 1 is 1.50 bits per heavy atom. The largest absolute Gasteiger partial charge is 0.275 e. The molecule has 0 aliphatic carbocycles. The smallest absolute Gasteiger partial charge is 0.104 e.